The van der Waals surface area contributed by atoms with Crippen LogP contribution in [0.3, 0.4) is 0 Å². The van der Waals surface area contributed by atoms with Crippen molar-refractivity contribution in [3.05, 3.63) is 66.0 Å². The van der Waals surface area contributed by atoms with Crippen molar-refractivity contribution >= 4 is 16.6 Å². The van der Waals surface area contributed by atoms with E-state index in [-0.39, 0.29) is 5.92 Å². The van der Waals surface area contributed by atoms with Crippen LogP contribution in [0.1, 0.15) is 43.5 Å². The Bertz CT molecular complexity index is 1090. The minimum absolute atomic E-state index is 0.253. The van der Waals surface area contributed by atoms with Gasteiger partial charge >= 0.3 is 0 Å². The summed E-state index contributed by atoms with van der Waals surface area (Å²) in [5, 5.41) is 11.5. The first kappa shape index (κ1) is 22.2. The third kappa shape index (κ3) is 4.71. The Labute approximate surface area is 196 Å². The number of nitrogens with one attached hydrogen (secondary N) is 1. The zero-order chi connectivity index (χ0) is 22.8. The molecule has 3 aromatic rings. The molecule has 5 nitrogen and oxygen atoms in total. The minimum atomic E-state index is -0.577. The highest BCUT2D eigenvalue weighted by Crippen LogP contribution is 2.51. The summed E-state index contributed by atoms with van der Waals surface area (Å²) in [5.41, 5.74) is 4.26. The first-order valence-corrected chi connectivity index (χ1v) is 12.2. The van der Waals surface area contributed by atoms with Crippen molar-refractivity contribution in [3.8, 4) is 5.75 Å². The van der Waals surface area contributed by atoms with Gasteiger partial charge in [0.1, 0.15) is 11.6 Å². The molecule has 0 saturated heterocycles. The molecule has 3 aliphatic rings. The first-order valence-electron chi connectivity index (χ1n) is 12.2. The number of fused-ring (bicyclic) bond motifs is 3. The van der Waals surface area contributed by atoms with Crippen LogP contribution in [0.4, 0.5) is 0 Å². The van der Waals surface area contributed by atoms with Gasteiger partial charge in [0.05, 0.1) is 23.7 Å². The molecule has 0 unspecified atom stereocenters. The number of ether oxygens (including phenoxy) is 1. The van der Waals surface area contributed by atoms with E-state index in [0.717, 1.165) is 67.8 Å². The molecule has 0 amide bonds. The number of hydrogen-bond acceptors (Lipinski definition) is 4. The molecule has 3 aliphatic carbocycles. The van der Waals surface area contributed by atoms with Crippen LogP contribution in [-0.2, 0) is 6.42 Å². The zero-order valence-electron chi connectivity index (χ0n) is 19.8. The van der Waals surface area contributed by atoms with Gasteiger partial charge in [-0.3, -0.25) is 0 Å². The maximum Gasteiger partial charge on any atom is 0.118 e. The lowest BCUT2D eigenvalue weighted by Gasteiger charge is -2.48. The van der Waals surface area contributed by atoms with Crippen LogP contribution in [0.15, 0.2) is 54.6 Å². The number of H-pyrrole nitrogens is 1. The van der Waals surface area contributed by atoms with Crippen LogP contribution in [0.2, 0.25) is 0 Å². The van der Waals surface area contributed by atoms with Crippen molar-refractivity contribution in [1.29, 1.82) is 0 Å². The topological polar surface area (TPSA) is 61.4 Å². The molecular weight excluding hydrogens is 410 g/mol. The van der Waals surface area contributed by atoms with E-state index in [4.69, 9.17) is 4.74 Å². The highest BCUT2D eigenvalue weighted by atomic mass is 16.5. The Hall–Kier alpha value is -2.63. The van der Waals surface area contributed by atoms with Gasteiger partial charge in [-0.25, -0.2) is 4.98 Å². The zero-order valence-corrected chi connectivity index (χ0v) is 19.8. The molecule has 2 N–H and O–H groups in total. The molecule has 174 valence electrons. The summed E-state index contributed by atoms with van der Waals surface area (Å²) >= 11 is 0. The quantitative estimate of drug-likeness (QED) is 0.483. The summed E-state index contributed by atoms with van der Waals surface area (Å²) < 4.78 is 5.30. The average molecular weight is 446 g/mol. The van der Waals surface area contributed by atoms with Crippen LogP contribution >= 0.6 is 0 Å². The van der Waals surface area contributed by atoms with E-state index in [2.05, 4.69) is 52.3 Å². The Kier molecular flexibility index (Phi) is 6.26. The fourth-order valence-corrected chi connectivity index (χ4v) is 5.73. The predicted molar refractivity (Wildman–Crippen MR) is 133 cm³/mol. The number of nitrogens with zero attached hydrogens (tertiary/aromatic N) is 2. The molecule has 6 rings (SSSR count). The van der Waals surface area contributed by atoms with E-state index >= 15 is 0 Å². The van der Waals surface area contributed by atoms with Crippen LogP contribution in [-0.4, -0.2) is 52.8 Å². The average Bonchev–Trinajstić information content (AvgIpc) is 3.26. The first-order chi connectivity index (χ1) is 16.0. The number of aliphatic hydroxyl groups is 1. The number of aryl methyl sites for hydroxylation is 1. The SMILES string of the molecule is COc1ccc(C2=C[C@@H]3CC[C@H]2C[C@]3(O)CCN(C)CCCc2nc3ccccc3[nH]2)cc1. The number of methoxy groups -OCH3 is 1. The van der Waals surface area contributed by atoms with Gasteiger partial charge in [-0.05, 0) is 87.0 Å². The molecule has 2 aromatic carbocycles. The number of hydrogen-bond donors (Lipinski definition) is 2. The Morgan fingerprint density at radius 1 is 1.12 bits per heavy atom. The molecule has 0 aliphatic heterocycles. The lowest BCUT2D eigenvalue weighted by Crippen LogP contribution is -2.48. The number of rotatable bonds is 9. The van der Waals surface area contributed by atoms with Gasteiger partial charge in [-0.2, -0.15) is 0 Å². The summed E-state index contributed by atoms with van der Waals surface area (Å²) in [7, 11) is 3.87. The van der Waals surface area contributed by atoms with Crippen LogP contribution in [0.25, 0.3) is 16.6 Å². The third-order valence-electron chi connectivity index (χ3n) is 7.68. The second kappa shape index (κ2) is 9.32. The fraction of sp³-hybridized carbons (Fsp3) is 0.464. The molecule has 1 heterocycles. The molecule has 0 spiro atoms. The molecule has 5 heteroatoms. The molecule has 1 aromatic heterocycles. The number of aromatic nitrogens is 2. The van der Waals surface area contributed by atoms with Gasteiger partial charge in [0.25, 0.3) is 0 Å². The Morgan fingerprint density at radius 2 is 1.94 bits per heavy atom. The van der Waals surface area contributed by atoms with Crippen molar-refractivity contribution < 1.29 is 9.84 Å². The largest absolute Gasteiger partial charge is 0.497 e. The van der Waals surface area contributed by atoms with Crippen molar-refractivity contribution in [1.82, 2.24) is 14.9 Å². The summed E-state index contributed by atoms with van der Waals surface area (Å²) in [4.78, 5) is 10.5. The summed E-state index contributed by atoms with van der Waals surface area (Å²) in [6.45, 7) is 1.93. The van der Waals surface area contributed by atoms with E-state index in [1.54, 1.807) is 7.11 Å². The van der Waals surface area contributed by atoms with E-state index in [1.807, 2.05) is 24.3 Å². The van der Waals surface area contributed by atoms with Gasteiger partial charge in [-0.15, -0.1) is 0 Å². The maximum atomic E-state index is 11.5. The van der Waals surface area contributed by atoms with Crippen LogP contribution < -0.4 is 4.74 Å². The highest BCUT2D eigenvalue weighted by Gasteiger charge is 2.46. The van der Waals surface area contributed by atoms with Gasteiger partial charge in [0.15, 0.2) is 0 Å². The van der Waals surface area contributed by atoms with Crippen molar-refractivity contribution in [3.63, 3.8) is 0 Å². The number of benzene rings is 2. The second-order valence-corrected chi connectivity index (χ2v) is 9.90. The molecule has 2 bridgehead atoms. The Morgan fingerprint density at radius 3 is 2.67 bits per heavy atom. The number of allylic oxidation sites excluding steroid dienone is 1. The van der Waals surface area contributed by atoms with Crippen LogP contribution in [0.5, 0.6) is 5.75 Å². The number of aromatic amines is 1. The summed E-state index contributed by atoms with van der Waals surface area (Å²) in [5.74, 6) is 2.65. The van der Waals surface area contributed by atoms with Gasteiger partial charge in [0, 0.05) is 18.9 Å². The van der Waals surface area contributed by atoms with Crippen molar-refractivity contribution in [2.75, 3.05) is 27.2 Å². The van der Waals surface area contributed by atoms with Crippen molar-refractivity contribution in [2.24, 2.45) is 11.8 Å². The normalized spacial score (nSPS) is 24.4. The lowest BCUT2D eigenvalue weighted by molar-refractivity contribution is -0.0574. The molecule has 3 atom stereocenters. The predicted octanol–water partition coefficient (Wildman–Crippen LogP) is 5.07. The number of para-hydroxylation sites is 2. The smallest absolute Gasteiger partial charge is 0.118 e. The van der Waals surface area contributed by atoms with Gasteiger partial charge < -0.3 is 19.7 Å². The molecule has 1 fully saturated rings. The summed E-state index contributed by atoms with van der Waals surface area (Å²) in [6.07, 6.45) is 8.35. The van der Waals surface area contributed by atoms with Gasteiger partial charge in [-0.1, -0.05) is 30.3 Å². The second-order valence-electron chi connectivity index (χ2n) is 9.90. The lowest BCUT2D eigenvalue weighted by atomic mass is 9.61. The molecule has 33 heavy (non-hydrogen) atoms. The minimum Gasteiger partial charge on any atom is -0.497 e. The van der Waals surface area contributed by atoms with E-state index in [0.29, 0.717) is 5.92 Å². The standard InChI is InChI=1S/C28H35N3O2/c1-31(16-5-8-27-29-25-6-3-4-7-26(25)30-27)17-15-28(32)19-21-9-12-22(28)18-24(21)20-10-13-23(33-2)14-11-20/h3-4,6-7,10-11,13-14,18,21-22,32H,5,8-9,12,15-17,19H2,1-2H3,(H,29,30)/t21-,22-,28+/m0/s1. The number of imidazole rings is 1. The third-order valence-corrected chi connectivity index (χ3v) is 7.68. The fourth-order valence-electron chi connectivity index (χ4n) is 5.73. The van der Waals surface area contributed by atoms with Crippen molar-refractivity contribution in [2.45, 2.75) is 44.1 Å². The summed E-state index contributed by atoms with van der Waals surface area (Å²) in [6, 6.07) is 16.6. The highest BCUT2D eigenvalue weighted by molar-refractivity contribution is 5.74. The molecule has 1 saturated carbocycles. The van der Waals surface area contributed by atoms with E-state index < -0.39 is 5.60 Å². The maximum absolute atomic E-state index is 11.5. The van der Waals surface area contributed by atoms with Crippen LogP contribution in [0, 0.1) is 11.8 Å². The Balaban J connectivity index is 1.14. The van der Waals surface area contributed by atoms with E-state index in [1.165, 1.54) is 17.6 Å². The molecule has 0 radical (unpaired) electrons. The molecular formula is C28H35N3O2. The van der Waals surface area contributed by atoms with Gasteiger partial charge in [0.2, 0.25) is 0 Å². The van der Waals surface area contributed by atoms with E-state index in [9.17, 15) is 5.11 Å². The monoisotopic (exact) mass is 445 g/mol.